The van der Waals surface area contributed by atoms with Crippen LogP contribution in [0.5, 0.6) is 0 Å². The molecule has 2 aromatic carbocycles. The lowest BCUT2D eigenvalue weighted by molar-refractivity contribution is 0.0950. The summed E-state index contributed by atoms with van der Waals surface area (Å²) < 4.78 is 13.7. The van der Waals surface area contributed by atoms with E-state index in [0.717, 1.165) is 43.0 Å². The zero-order valence-electron chi connectivity index (χ0n) is 15.4. The van der Waals surface area contributed by atoms with E-state index in [4.69, 9.17) is 0 Å². The summed E-state index contributed by atoms with van der Waals surface area (Å²) in [6, 6.07) is 13.7. The number of benzene rings is 2. The molecule has 3 aromatic rings. The smallest absolute Gasteiger partial charge is 0.251 e. The Bertz CT molecular complexity index is 986. The Morgan fingerprint density at radius 1 is 1.04 bits per heavy atom. The topological polar surface area (TPSA) is 58.1 Å². The van der Waals surface area contributed by atoms with Crippen molar-refractivity contribution in [1.82, 2.24) is 15.3 Å². The van der Waals surface area contributed by atoms with Gasteiger partial charge in [0.25, 0.3) is 5.91 Å². The van der Waals surface area contributed by atoms with Crippen LogP contribution in [0.4, 0.5) is 10.2 Å². The maximum Gasteiger partial charge on any atom is 0.251 e. The number of carbonyl (C=O) groups excluding carboxylic acids is 1. The van der Waals surface area contributed by atoms with E-state index in [1.54, 1.807) is 42.7 Å². The molecule has 28 heavy (non-hydrogen) atoms. The normalized spacial score (nSPS) is 13.5. The molecule has 0 aliphatic carbocycles. The van der Waals surface area contributed by atoms with Crippen molar-refractivity contribution in [2.75, 3.05) is 18.0 Å². The number of halogens is 1. The molecule has 0 radical (unpaired) electrons. The Balaban J connectivity index is 1.55. The van der Waals surface area contributed by atoms with Crippen molar-refractivity contribution in [3.8, 4) is 11.3 Å². The van der Waals surface area contributed by atoms with E-state index in [2.05, 4.69) is 20.2 Å². The molecule has 0 bridgehead atoms. The van der Waals surface area contributed by atoms with Crippen LogP contribution in [-0.4, -0.2) is 29.0 Å². The zero-order chi connectivity index (χ0) is 19.3. The molecule has 2 heterocycles. The second-order valence-corrected chi connectivity index (χ2v) is 6.78. The summed E-state index contributed by atoms with van der Waals surface area (Å²) >= 11 is 0. The van der Waals surface area contributed by atoms with E-state index < -0.39 is 0 Å². The summed E-state index contributed by atoms with van der Waals surface area (Å²) in [5, 5.41) is 2.78. The SMILES string of the molecule is O=C(NCc1ccccc1F)c1cccc(-c2nccnc2N2CCCC2)c1. The molecule has 0 spiro atoms. The van der Waals surface area contributed by atoms with Crippen molar-refractivity contribution >= 4 is 11.7 Å². The largest absolute Gasteiger partial charge is 0.355 e. The quantitative estimate of drug-likeness (QED) is 0.736. The number of carbonyl (C=O) groups is 1. The molecular weight excluding hydrogens is 355 g/mol. The van der Waals surface area contributed by atoms with Crippen LogP contribution >= 0.6 is 0 Å². The van der Waals surface area contributed by atoms with Crippen LogP contribution in [0.3, 0.4) is 0 Å². The second kappa shape index (κ2) is 8.17. The predicted molar refractivity (Wildman–Crippen MR) is 106 cm³/mol. The third-order valence-electron chi connectivity index (χ3n) is 4.88. The number of hydrogen-bond donors (Lipinski definition) is 1. The van der Waals surface area contributed by atoms with E-state index in [9.17, 15) is 9.18 Å². The van der Waals surface area contributed by atoms with E-state index in [0.29, 0.717) is 11.1 Å². The molecule has 0 saturated carbocycles. The molecule has 1 saturated heterocycles. The zero-order valence-corrected chi connectivity index (χ0v) is 15.4. The first kappa shape index (κ1) is 18.1. The third-order valence-corrected chi connectivity index (χ3v) is 4.88. The monoisotopic (exact) mass is 376 g/mol. The lowest BCUT2D eigenvalue weighted by Gasteiger charge is -2.19. The van der Waals surface area contributed by atoms with E-state index >= 15 is 0 Å². The summed E-state index contributed by atoms with van der Waals surface area (Å²) in [5.41, 5.74) is 2.57. The first-order chi connectivity index (χ1) is 13.7. The van der Waals surface area contributed by atoms with Crippen molar-refractivity contribution in [1.29, 1.82) is 0 Å². The van der Waals surface area contributed by atoms with Gasteiger partial charge in [-0.15, -0.1) is 0 Å². The lowest BCUT2D eigenvalue weighted by Crippen LogP contribution is -2.23. The highest BCUT2D eigenvalue weighted by atomic mass is 19.1. The summed E-state index contributed by atoms with van der Waals surface area (Å²) in [6.45, 7) is 2.07. The Labute approximate surface area is 163 Å². The van der Waals surface area contributed by atoms with Crippen molar-refractivity contribution in [3.05, 3.63) is 77.9 Å². The summed E-state index contributed by atoms with van der Waals surface area (Å²) in [6.07, 6.45) is 5.66. The number of anilines is 1. The standard InChI is InChI=1S/C22H21FN4O/c23-19-9-2-1-6-18(19)15-26-22(28)17-8-5-7-16(14-17)20-21(25-11-10-24-20)27-12-3-4-13-27/h1-2,5-11,14H,3-4,12-13,15H2,(H,26,28). The van der Waals surface area contributed by atoms with Gasteiger partial charge in [-0.25, -0.2) is 9.37 Å². The lowest BCUT2D eigenvalue weighted by atomic mass is 10.1. The maximum absolute atomic E-state index is 13.7. The van der Waals surface area contributed by atoms with Crippen LogP contribution in [0.25, 0.3) is 11.3 Å². The van der Waals surface area contributed by atoms with Crippen molar-refractivity contribution in [2.45, 2.75) is 19.4 Å². The molecule has 6 heteroatoms. The van der Waals surface area contributed by atoms with Crippen molar-refractivity contribution in [3.63, 3.8) is 0 Å². The molecule has 1 aliphatic heterocycles. The number of nitrogens with zero attached hydrogens (tertiary/aromatic N) is 3. The molecule has 1 amide bonds. The summed E-state index contributed by atoms with van der Waals surface area (Å²) in [5.74, 6) is 0.270. The Hall–Kier alpha value is -3.28. The minimum Gasteiger partial charge on any atom is -0.355 e. The number of rotatable bonds is 5. The van der Waals surface area contributed by atoms with Gasteiger partial charge in [0, 0.05) is 48.7 Å². The number of hydrogen-bond acceptors (Lipinski definition) is 4. The van der Waals surface area contributed by atoms with Crippen LogP contribution in [0.15, 0.2) is 60.9 Å². The molecule has 0 unspecified atom stereocenters. The van der Waals surface area contributed by atoms with E-state index in [1.807, 2.05) is 12.1 Å². The molecule has 1 N–H and O–H groups in total. The molecule has 1 aromatic heterocycles. The average Bonchev–Trinajstić information content (AvgIpc) is 3.28. The van der Waals surface area contributed by atoms with Gasteiger partial charge in [-0.2, -0.15) is 0 Å². The first-order valence-corrected chi connectivity index (χ1v) is 9.40. The molecule has 5 nitrogen and oxygen atoms in total. The van der Waals surface area contributed by atoms with Gasteiger partial charge in [-0.05, 0) is 31.0 Å². The van der Waals surface area contributed by atoms with Gasteiger partial charge >= 0.3 is 0 Å². The second-order valence-electron chi connectivity index (χ2n) is 6.78. The van der Waals surface area contributed by atoms with E-state index in [1.165, 1.54) is 6.07 Å². The fourth-order valence-corrected chi connectivity index (χ4v) is 3.42. The van der Waals surface area contributed by atoms with Gasteiger partial charge in [-0.1, -0.05) is 30.3 Å². The van der Waals surface area contributed by atoms with Gasteiger partial charge in [0.05, 0.1) is 0 Å². The minimum absolute atomic E-state index is 0.139. The molecule has 4 rings (SSSR count). The van der Waals surface area contributed by atoms with Crippen LogP contribution in [0, 0.1) is 5.82 Å². The van der Waals surface area contributed by atoms with Crippen LogP contribution in [0.1, 0.15) is 28.8 Å². The minimum atomic E-state index is -0.327. The molecule has 0 atom stereocenters. The third kappa shape index (κ3) is 3.86. The van der Waals surface area contributed by atoms with Crippen LogP contribution in [0.2, 0.25) is 0 Å². The van der Waals surface area contributed by atoms with Gasteiger partial charge in [0.1, 0.15) is 11.5 Å². The number of amides is 1. The predicted octanol–water partition coefficient (Wildman–Crippen LogP) is 3.81. The van der Waals surface area contributed by atoms with Crippen molar-refractivity contribution in [2.24, 2.45) is 0 Å². The summed E-state index contributed by atoms with van der Waals surface area (Å²) in [7, 11) is 0. The Morgan fingerprint density at radius 2 is 1.82 bits per heavy atom. The molecule has 1 fully saturated rings. The van der Waals surface area contributed by atoms with Gasteiger partial charge < -0.3 is 10.2 Å². The van der Waals surface area contributed by atoms with Gasteiger partial charge in [-0.3, -0.25) is 9.78 Å². The van der Waals surface area contributed by atoms with Crippen LogP contribution in [-0.2, 0) is 6.54 Å². The average molecular weight is 376 g/mol. The Kier molecular flexibility index (Phi) is 5.28. The number of nitrogens with one attached hydrogen (secondary N) is 1. The first-order valence-electron chi connectivity index (χ1n) is 9.40. The van der Waals surface area contributed by atoms with Gasteiger partial charge in [0.15, 0.2) is 5.82 Å². The van der Waals surface area contributed by atoms with Gasteiger partial charge in [0.2, 0.25) is 0 Å². The molecule has 142 valence electrons. The molecule has 1 aliphatic rings. The highest BCUT2D eigenvalue weighted by Crippen LogP contribution is 2.29. The Morgan fingerprint density at radius 3 is 2.64 bits per heavy atom. The highest BCUT2D eigenvalue weighted by molar-refractivity contribution is 5.95. The summed E-state index contributed by atoms with van der Waals surface area (Å²) in [4.78, 5) is 23.8. The highest BCUT2D eigenvalue weighted by Gasteiger charge is 2.19. The maximum atomic E-state index is 13.7. The van der Waals surface area contributed by atoms with Crippen molar-refractivity contribution < 1.29 is 9.18 Å². The number of aromatic nitrogens is 2. The molecular formula is C22H21FN4O. The van der Waals surface area contributed by atoms with Crippen LogP contribution < -0.4 is 10.2 Å². The fourth-order valence-electron chi connectivity index (χ4n) is 3.42. The van der Waals surface area contributed by atoms with E-state index in [-0.39, 0.29) is 18.3 Å². The fraction of sp³-hybridized carbons (Fsp3) is 0.227.